The first-order valence-corrected chi connectivity index (χ1v) is 5.90. The van der Waals surface area contributed by atoms with Crippen molar-refractivity contribution in [3.63, 3.8) is 0 Å². The van der Waals surface area contributed by atoms with E-state index in [1.807, 2.05) is 12.1 Å². The fraction of sp³-hybridized carbons (Fsp3) is 0.455. The van der Waals surface area contributed by atoms with Crippen LogP contribution in [0.1, 0.15) is 19.4 Å². The maximum Gasteiger partial charge on any atom is 0.0420 e. The summed E-state index contributed by atoms with van der Waals surface area (Å²) in [7, 11) is 0. The van der Waals surface area contributed by atoms with E-state index in [1.54, 1.807) is 0 Å². The molecule has 0 unspecified atom stereocenters. The fourth-order valence-corrected chi connectivity index (χ4v) is 2.15. The van der Waals surface area contributed by atoms with E-state index >= 15 is 0 Å². The van der Waals surface area contributed by atoms with Gasteiger partial charge in [0.1, 0.15) is 0 Å². The van der Waals surface area contributed by atoms with Gasteiger partial charge in [0.15, 0.2) is 0 Å². The van der Waals surface area contributed by atoms with Gasteiger partial charge in [-0.05, 0) is 36.2 Å². The van der Waals surface area contributed by atoms with E-state index in [9.17, 15) is 0 Å². The molecular formula is C11H15BrClN. The number of hydrogen-bond acceptors (Lipinski definition) is 1. The molecule has 0 atom stereocenters. The Hall–Kier alpha value is -0.0500. The zero-order chi connectivity index (χ0) is 10.6. The highest BCUT2D eigenvalue weighted by Crippen LogP contribution is 2.19. The molecule has 78 valence electrons. The number of benzene rings is 1. The highest BCUT2D eigenvalue weighted by atomic mass is 79.9. The average molecular weight is 277 g/mol. The van der Waals surface area contributed by atoms with Gasteiger partial charge in [-0.1, -0.05) is 41.4 Å². The lowest BCUT2D eigenvalue weighted by Gasteiger charge is -2.08. The van der Waals surface area contributed by atoms with Crippen LogP contribution >= 0.6 is 27.5 Å². The molecule has 0 fully saturated rings. The van der Waals surface area contributed by atoms with Crippen molar-refractivity contribution in [3.8, 4) is 0 Å². The van der Waals surface area contributed by atoms with Crippen LogP contribution in [0.25, 0.3) is 0 Å². The SMILES string of the molecule is CC(C)CNCc1cc(Cl)cc(Br)c1. The minimum atomic E-state index is 0.678. The molecule has 0 heterocycles. The van der Waals surface area contributed by atoms with Gasteiger partial charge in [-0.2, -0.15) is 0 Å². The van der Waals surface area contributed by atoms with E-state index in [1.165, 1.54) is 5.56 Å². The van der Waals surface area contributed by atoms with Crippen LogP contribution in [0.2, 0.25) is 5.02 Å². The van der Waals surface area contributed by atoms with Crippen LogP contribution < -0.4 is 5.32 Å². The summed E-state index contributed by atoms with van der Waals surface area (Å²) in [6, 6.07) is 5.96. The predicted molar refractivity (Wildman–Crippen MR) is 65.7 cm³/mol. The van der Waals surface area contributed by atoms with Gasteiger partial charge in [0, 0.05) is 16.0 Å². The first kappa shape index (κ1) is 12.0. The molecule has 1 N–H and O–H groups in total. The number of halogens is 2. The Balaban J connectivity index is 2.50. The van der Waals surface area contributed by atoms with E-state index in [4.69, 9.17) is 11.6 Å². The van der Waals surface area contributed by atoms with Crippen LogP contribution in [0, 0.1) is 5.92 Å². The molecule has 0 aromatic heterocycles. The summed E-state index contributed by atoms with van der Waals surface area (Å²) in [5.41, 5.74) is 1.21. The van der Waals surface area contributed by atoms with Crippen molar-refractivity contribution in [2.75, 3.05) is 6.54 Å². The third-order valence-electron chi connectivity index (χ3n) is 1.80. The topological polar surface area (TPSA) is 12.0 Å². The highest BCUT2D eigenvalue weighted by Gasteiger charge is 1.98. The second kappa shape index (κ2) is 5.74. The predicted octanol–water partition coefficient (Wildman–Crippen LogP) is 3.85. The van der Waals surface area contributed by atoms with Crippen molar-refractivity contribution in [2.45, 2.75) is 20.4 Å². The quantitative estimate of drug-likeness (QED) is 0.881. The van der Waals surface area contributed by atoms with Crippen LogP contribution in [0.3, 0.4) is 0 Å². The normalized spacial score (nSPS) is 10.9. The van der Waals surface area contributed by atoms with Gasteiger partial charge in [-0.15, -0.1) is 0 Å². The Labute approximate surface area is 99.0 Å². The van der Waals surface area contributed by atoms with Gasteiger partial charge < -0.3 is 5.32 Å². The minimum Gasteiger partial charge on any atom is -0.312 e. The van der Waals surface area contributed by atoms with E-state index in [0.717, 1.165) is 22.6 Å². The number of hydrogen-bond donors (Lipinski definition) is 1. The molecule has 0 radical (unpaired) electrons. The van der Waals surface area contributed by atoms with Crippen molar-refractivity contribution in [1.82, 2.24) is 5.32 Å². The van der Waals surface area contributed by atoms with Gasteiger partial charge in [0.05, 0.1) is 0 Å². The van der Waals surface area contributed by atoms with Gasteiger partial charge in [-0.3, -0.25) is 0 Å². The molecule has 0 bridgehead atoms. The largest absolute Gasteiger partial charge is 0.312 e. The van der Waals surface area contributed by atoms with Crippen molar-refractivity contribution < 1.29 is 0 Å². The molecule has 14 heavy (non-hydrogen) atoms. The van der Waals surface area contributed by atoms with Crippen LogP contribution in [0.5, 0.6) is 0 Å². The summed E-state index contributed by atoms with van der Waals surface area (Å²) in [6.07, 6.45) is 0. The van der Waals surface area contributed by atoms with Gasteiger partial charge in [0.25, 0.3) is 0 Å². The summed E-state index contributed by atoms with van der Waals surface area (Å²) < 4.78 is 1.03. The molecule has 1 rings (SSSR count). The van der Waals surface area contributed by atoms with Gasteiger partial charge in [0.2, 0.25) is 0 Å². The second-order valence-corrected chi connectivity index (χ2v) is 5.15. The Morgan fingerprint density at radius 1 is 1.36 bits per heavy atom. The first-order valence-electron chi connectivity index (χ1n) is 4.73. The molecule has 0 saturated heterocycles. The van der Waals surface area contributed by atoms with E-state index in [-0.39, 0.29) is 0 Å². The lowest BCUT2D eigenvalue weighted by atomic mass is 10.2. The number of rotatable bonds is 4. The molecule has 0 aliphatic carbocycles. The molecule has 0 saturated carbocycles. The molecule has 1 aromatic rings. The standard InChI is InChI=1S/C11H15BrClN/c1-8(2)6-14-7-9-3-10(12)5-11(13)4-9/h3-5,8,14H,6-7H2,1-2H3. The average Bonchev–Trinajstić information content (AvgIpc) is 2.01. The first-order chi connectivity index (χ1) is 6.58. The number of nitrogens with one attached hydrogen (secondary N) is 1. The summed E-state index contributed by atoms with van der Waals surface area (Å²) in [6.45, 7) is 6.29. The van der Waals surface area contributed by atoms with Crippen molar-refractivity contribution in [3.05, 3.63) is 33.3 Å². The van der Waals surface area contributed by atoms with Gasteiger partial charge >= 0.3 is 0 Å². The van der Waals surface area contributed by atoms with Crippen molar-refractivity contribution in [1.29, 1.82) is 0 Å². The lowest BCUT2D eigenvalue weighted by Crippen LogP contribution is -2.18. The van der Waals surface area contributed by atoms with E-state index in [0.29, 0.717) is 5.92 Å². The molecule has 0 aliphatic heterocycles. The summed E-state index contributed by atoms with van der Waals surface area (Å²) >= 11 is 9.36. The highest BCUT2D eigenvalue weighted by molar-refractivity contribution is 9.10. The Morgan fingerprint density at radius 2 is 2.07 bits per heavy atom. The lowest BCUT2D eigenvalue weighted by molar-refractivity contribution is 0.552. The third-order valence-corrected chi connectivity index (χ3v) is 2.48. The second-order valence-electron chi connectivity index (χ2n) is 3.80. The molecule has 1 aromatic carbocycles. The van der Waals surface area contributed by atoms with E-state index < -0.39 is 0 Å². The van der Waals surface area contributed by atoms with Crippen LogP contribution in [0.15, 0.2) is 22.7 Å². The molecule has 0 spiro atoms. The maximum atomic E-state index is 5.93. The van der Waals surface area contributed by atoms with Crippen molar-refractivity contribution in [2.24, 2.45) is 5.92 Å². The Morgan fingerprint density at radius 3 is 2.64 bits per heavy atom. The molecule has 3 heteroatoms. The smallest absolute Gasteiger partial charge is 0.0420 e. The van der Waals surface area contributed by atoms with Gasteiger partial charge in [-0.25, -0.2) is 0 Å². The molecule has 0 aliphatic rings. The Kier molecular flexibility index (Phi) is 4.93. The summed E-state index contributed by atoms with van der Waals surface area (Å²) in [5.74, 6) is 0.678. The zero-order valence-electron chi connectivity index (χ0n) is 8.48. The monoisotopic (exact) mass is 275 g/mol. The van der Waals surface area contributed by atoms with Crippen LogP contribution in [0.4, 0.5) is 0 Å². The Bertz CT molecular complexity index is 279. The maximum absolute atomic E-state index is 5.93. The fourth-order valence-electron chi connectivity index (χ4n) is 1.22. The molecule has 0 amide bonds. The van der Waals surface area contributed by atoms with Crippen LogP contribution in [-0.4, -0.2) is 6.54 Å². The van der Waals surface area contributed by atoms with Crippen LogP contribution in [-0.2, 0) is 6.54 Å². The molecule has 1 nitrogen and oxygen atoms in total. The summed E-state index contributed by atoms with van der Waals surface area (Å²) in [4.78, 5) is 0. The molecular weight excluding hydrogens is 261 g/mol. The van der Waals surface area contributed by atoms with E-state index in [2.05, 4.69) is 41.2 Å². The van der Waals surface area contributed by atoms with Crippen molar-refractivity contribution >= 4 is 27.5 Å². The minimum absolute atomic E-state index is 0.678. The zero-order valence-corrected chi connectivity index (χ0v) is 10.8. The third kappa shape index (κ3) is 4.45. The summed E-state index contributed by atoms with van der Waals surface area (Å²) in [5, 5.41) is 4.15.